The molecule has 1 aromatic carbocycles. The Labute approximate surface area is 158 Å². The zero-order valence-electron chi connectivity index (χ0n) is 14.1. The molecule has 134 valence electrons. The van der Waals surface area contributed by atoms with E-state index >= 15 is 0 Å². The van der Waals surface area contributed by atoms with E-state index in [1.165, 1.54) is 4.88 Å². The number of aromatic nitrogens is 2. The maximum absolute atomic E-state index is 12.5. The summed E-state index contributed by atoms with van der Waals surface area (Å²) in [4.78, 5) is 34.0. The van der Waals surface area contributed by atoms with Crippen LogP contribution >= 0.6 is 23.1 Å². The van der Waals surface area contributed by atoms with Gasteiger partial charge in [-0.1, -0.05) is 0 Å². The number of amides is 1. The molecular formula is C18H17N3O3S2. The van der Waals surface area contributed by atoms with E-state index in [-0.39, 0.29) is 17.9 Å². The number of methoxy groups -OCH3 is 1. The lowest BCUT2D eigenvalue weighted by molar-refractivity contribution is -0.115. The largest absolute Gasteiger partial charge is 0.497 e. The lowest BCUT2D eigenvalue weighted by Crippen LogP contribution is -2.19. The Morgan fingerprint density at radius 1 is 1.35 bits per heavy atom. The Morgan fingerprint density at radius 3 is 2.92 bits per heavy atom. The van der Waals surface area contributed by atoms with E-state index in [9.17, 15) is 9.59 Å². The summed E-state index contributed by atoms with van der Waals surface area (Å²) in [5.74, 6) is 2.85. The maximum Gasteiger partial charge on any atom is 0.259 e. The molecular weight excluding hydrogens is 370 g/mol. The van der Waals surface area contributed by atoms with Crippen LogP contribution in [0.4, 0.5) is 5.69 Å². The van der Waals surface area contributed by atoms with Crippen LogP contribution in [-0.4, -0.2) is 28.7 Å². The van der Waals surface area contributed by atoms with Crippen LogP contribution in [0.1, 0.15) is 16.3 Å². The summed E-state index contributed by atoms with van der Waals surface area (Å²) in [6, 6.07) is 7.08. The zero-order valence-corrected chi connectivity index (χ0v) is 15.8. The van der Waals surface area contributed by atoms with Crippen LogP contribution in [-0.2, 0) is 23.4 Å². The molecule has 1 aliphatic heterocycles. The lowest BCUT2D eigenvalue weighted by atomic mass is 10.1. The Hall–Kier alpha value is -2.32. The molecule has 2 N–H and O–H groups in total. The quantitative estimate of drug-likeness (QED) is 0.719. The van der Waals surface area contributed by atoms with Crippen molar-refractivity contribution in [2.75, 3.05) is 18.2 Å². The van der Waals surface area contributed by atoms with E-state index in [2.05, 4.69) is 15.3 Å². The molecule has 6 nitrogen and oxygen atoms in total. The number of aryl methyl sites for hydroxylation is 1. The highest BCUT2D eigenvalue weighted by atomic mass is 32.2. The van der Waals surface area contributed by atoms with Crippen molar-refractivity contribution in [2.45, 2.75) is 18.6 Å². The Bertz CT molecular complexity index is 1020. The zero-order chi connectivity index (χ0) is 18.1. The number of H-pyrrole nitrogens is 1. The fraction of sp³-hybridized carbons (Fsp3) is 0.278. The van der Waals surface area contributed by atoms with Crippen molar-refractivity contribution < 1.29 is 9.53 Å². The first kappa shape index (κ1) is 17.1. The van der Waals surface area contributed by atoms with E-state index in [0.717, 1.165) is 34.1 Å². The molecule has 8 heteroatoms. The minimum absolute atomic E-state index is 0.0223. The molecule has 3 heterocycles. The molecule has 2 aromatic heterocycles. The monoisotopic (exact) mass is 387 g/mol. The van der Waals surface area contributed by atoms with Crippen LogP contribution in [0.2, 0.25) is 0 Å². The number of rotatable bonds is 4. The highest BCUT2D eigenvalue weighted by Crippen LogP contribution is 2.35. The number of nitrogens with one attached hydrogen (secondary N) is 2. The summed E-state index contributed by atoms with van der Waals surface area (Å²) < 4.78 is 5.10. The van der Waals surface area contributed by atoms with Crippen LogP contribution < -0.4 is 15.6 Å². The molecule has 1 amide bonds. The maximum atomic E-state index is 12.5. The summed E-state index contributed by atoms with van der Waals surface area (Å²) in [5, 5.41) is 3.50. The lowest BCUT2D eigenvalue weighted by Gasteiger charge is -2.09. The molecule has 26 heavy (non-hydrogen) atoms. The number of nitrogens with zero attached hydrogens (tertiary/aromatic N) is 1. The first-order chi connectivity index (χ1) is 12.6. The van der Waals surface area contributed by atoms with Gasteiger partial charge in [0.1, 0.15) is 16.4 Å². The van der Waals surface area contributed by atoms with Crippen molar-refractivity contribution in [1.82, 2.24) is 9.97 Å². The molecule has 0 bridgehead atoms. The topological polar surface area (TPSA) is 84.1 Å². The number of thioether (sulfide) groups is 1. The third-order valence-corrected chi connectivity index (χ3v) is 6.52. The van der Waals surface area contributed by atoms with Gasteiger partial charge in [0.25, 0.3) is 5.56 Å². The molecule has 0 atom stereocenters. The number of aromatic amines is 1. The summed E-state index contributed by atoms with van der Waals surface area (Å²) in [6.45, 7) is 0. The summed E-state index contributed by atoms with van der Waals surface area (Å²) in [5.41, 5.74) is 1.65. The highest BCUT2D eigenvalue weighted by molar-refractivity contribution is 7.98. The fourth-order valence-electron chi connectivity index (χ4n) is 2.99. The smallest absolute Gasteiger partial charge is 0.259 e. The Kier molecular flexibility index (Phi) is 4.69. The van der Waals surface area contributed by atoms with E-state index in [1.54, 1.807) is 42.7 Å². The van der Waals surface area contributed by atoms with Crippen LogP contribution in [0, 0.1) is 0 Å². The molecule has 0 spiro atoms. The Morgan fingerprint density at radius 2 is 2.15 bits per heavy atom. The second kappa shape index (κ2) is 7.13. The third kappa shape index (κ3) is 3.34. The predicted octanol–water partition coefficient (Wildman–Crippen LogP) is 2.96. The average Bonchev–Trinajstić information content (AvgIpc) is 3.01. The van der Waals surface area contributed by atoms with Gasteiger partial charge in [-0.25, -0.2) is 4.98 Å². The van der Waals surface area contributed by atoms with Crippen molar-refractivity contribution in [2.24, 2.45) is 0 Å². The van der Waals surface area contributed by atoms with Crippen LogP contribution in [0.25, 0.3) is 10.2 Å². The standard InChI is InChI=1S/C18H17N3O3S2/c1-24-11-4-2-10(3-5-11)19-15(22)8-14-20-17(23)16-12-6-7-25-9-13(12)26-18(16)21-14/h2-5H,6-9H2,1H3,(H,19,22)(H,20,21,23). The molecule has 0 fully saturated rings. The van der Waals surface area contributed by atoms with Gasteiger partial charge in [0.2, 0.25) is 5.91 Å². The number of carbonyl (C=O) groups is 1. The fourth-order valence-corrected chi connectivity index (χ4v) is 5.36. The van der Waals surface area contributed by atoms with Gasteiger partial charge in [0, 0.05) is 16.3 Å². The van der Waals surface area contributed by atoms with Crippen LogP contribution in [0.15, 0.2) is 29.1 Å². The number of carbonyl (C=O) groups excluding carboxylic acids is 1. The molecule has 0 saturated heterocycles. The summed E-state index contributed by atoms with van der Waals surface area (Å²) in [6.07, 6.45) is 0.927. The van der Waals surface area contributed by atoms with Gasteiger partial charge in [-0.05, 0) is 42.0 Å². The summed E-state index contributed by atoms with van der Waals surface area (Å²) in [7, 11) is 1.59. The first-order valence-corrected chi connectivity index (χ1v) is 10.2. The molecule has 4 rings (SSSR count). The molecule has 0 radical (unpaired) electrons. The predicted molar refractivity (Wildman–Crippen MR) is 105 cm³/mol. The van der Waals surface area contributed by atoms with Crippen molar-refractivity contribution in [1.29, 1.82) is 0 Å². The van der Waals surface area contributed by atoms with Gasteiger partial charge in [0.05, 0.1) is 18.9 Å². The van der Waals surface area contributed by atoms with Gasteiger partial charge in [-0.2, -0.15) is 11.8 Å². The highest BCUT2D eigenvalue weighted by Gasteiger charge is 2.20. The minimum atomic E-state index is -0.227. The Balaban J connectivity index is 1.54. The first-order valence-electron chi connectivity index (χ1n) is 8.19. The molecule has 0 aliphatic carbocycles. The van der Waals surface area contributed by atoms with Crippen LogP contribution in [0.3, 0.4) is 0 Å². The minimum Gasteiger partial charge on any atom is -0.497 e. The third-order valence-electron chi connectivity index (χ3n) is 4.22. The number of benzene rings is 1. The normalized spacial score (nSPS) is 13.4. The molecule has 0 saturated carbocycles. The number of thiophene rings is 1. The van der Waals surface area contributed by atoms with Gasteiger partial charge < -0.3 is 15.0 Å². The molecule has 0 unspecified atom stereocenters. The average molecular weight is 387 g/mol. The van der Waals surface area contributed by atoms with Gasteiger partial charge >= 0.3 is 0 Å². The number of ether oxygens (including phenoxy) is 1. The summed E-state index contributed by atoms with van der Waals surface area (Å²) >= 11 is 3.44. The van der Waals surface area contributed by atoms with E-state index in [0.29, 0.717) is 16.9 Å². The van der Waals surface area contributed by atoms with Gasteiger partial charge in [-0.15, -0.1) is 11.3 Å². The van der Waals surface area contributed by atoms with Gasteiger partial charge in [0.15, 0.2) is 0 Å². The van der Waals surface area contributed by atoms with E-state index in [1.807, 2.05) is 11.8 Å². The van der Waals surface area contributed by atoms with Gasteiger partial charge in [-0.3, -0.25) is 9.59 Å². The van der Waals surface area contributed by atoms with Crippen molar-refractivity contribution in [3.8, 4) is 5.75 Å². The van der Waals surface area contributed by atoms with Crippen molar-refractivity contribution >= 4 is 44.9 Å². The van der Waals surface area contributed by atoms with Crippen molar-refractivity contribution in [3.05, 3.63) is 50.9 Å². The second-order valence-corrected chi connectivity index (χ2v) is 8.14. The molecule has 3 aromatic rings. The number of hydrogen-bond donors (Lipinski definition) is 2. The van der Waals surface area contributed by atoms with Crippen molar-refractivity contribution in [3.63, 3.8) is 0 Å². The SMILES string of the molecule is COc1ccc(NC(=O)Cc2nc3sc4c(c3c(=O)[nH]2)CCSC4)cc1. The van der Waals surface area contributed by atoms with E-state index in [4.69, 9.17) is 4.74 Å². The second-order valence-electron chi connectivity index (χ2n) is 5.95. The van der Waals surface area contributed by atoms with E-state index < -0.39 is 0 Å². The molecule has 1 aliphatic rings. The number of fused-ring (bicyclic) bond motifs is 3. The van der Waals surface area contributed by atoms with Crippen LogP contribution in [0.5, 0.6) is 5.75 Å². The number of hydrogen-bond acceptors (Lipinski definition) is 6. The number of anilines is 1.